The number of esters is 1. The van der Waals surface area contributed by atoms with Crippen LogP contribution in [0.15, 0.2) is 35.9 Å². The van der Waals surface area contributed by atoms with E-state index in [-0.39, 0.29) is 29.8 Å². The van der Waals surface area contributed by atoms with E-state index in [4.69, 9.17) is 35.3 Å². The van der Waals surface area contributed by atoms with Crippen molar-refractivity contribution in [2.24, 2.45) is 5.92 Å². The lowest BCUT2D eigenvalue weighted by molar-refractivity contribution is -0.159. The number of alkyl carbamates (subject to hydrolysis) is 1. The SMILES string of the molecule is COc1cc2cc(c1Cl)N(C)C(=O)C[C@H](OC(=O)[C@H](C)N(C)C(C)C)[C@]1(C)OC1[C@H](C)[C@@H]1C[C@@](O)(NC(=O)O1)[C@H](OC)/C=C/C=C(\C)C2. The first-order valence-electron chi connectivity index (χ1n) is 16.3. The number of ether oxygens (including phenoxy) is 5. The maximum absolute atomic E-state index is 14.0. The van der Waals surface area contributed by atoms with E-state index in [1.54, 1.807) is 33.0 Å². The van der Waals surface area contributed by atoms with Crippen molar-refractivity contribution in [3.8, 4) is 5.75 Å². The summed E-state index contributed by atoms with van der Waals surface area (Å²) in [6, 6.07) is 3.11. The summed E-state index contributed by atoms with van der Waals surface area (Å²) >= 11 is 6.74. The number of likely N-dealkylation sites (N-methyl/N-ethyl adjacent to an activating group) is 1. The third kappa shape index (κ3) is 7.83. The highest BCUT2D eigenvalue weighted by molar-refractivity contribution is 6.35. The number of epoxide rings is 1. The second-order valence-electron chi connectivity index (χ2n) is 13.7. The second kappa shape index (κ2) is 14.8. The molecular formula is C35H50ClN3O9. The van der Waals surface area contributed by atoms with Gasteiger partial charge in [0.05, 0.1) is 25.3 Å². The Labute approximate surface area is 288 Å². The fraction of sp³-hybridized carbons (Fsp3) is 0.629. The van der Waals surface area contributed by atoms with Gasteiger partial charge in [-0.25, -0.2) is 4.79 Å². The fourth-order valence-electron chi connectivity index (χ4n) is 6.46. The van der Waals surface area contributed by atoms with Crippen molar-refractivity contribution < 1.29 is 43.2 Å². The quantitative estimate of drug-likeness (QED) is 0.326. The van der Waals surface area contributed by atoms with Crippen LogP contribution in [0.1, 0.15) is 59.9 Å². The topological polar surface area (TPSA) is 139 Å². The average Bonchev–Trinajstić information content (AvgIpc) is 3.73. The van der Waals surface area contributed by atoms with Crippen LogP contribution < -0.4 is 15.0 Å². The number of methoxy groups -OCH3 is 2. The number of nitrogens with one attached hydrogen (secondary N) is 1. The summed E-state index contributed by atoms with van der Waals surface area (Å²) in [6.45, 7) is 11.2. The molecule has 4 bridgehead atoms. The maximum Gasteiger partial charge on any atom is 0.409 e. The smallest absolute Gasteiger partial charge is 0.409 e. The van der Waals surface area contributed by atoms with Gasteiger partial charge in [0.15, 0.2) is 5.72 Å². The van der Waals surface area contributed by atoms with Gasteiger partial charge in [-0.15, -0.1) is 0 Å². The highest BCUT2D eigenvalue weighted by atomic mass is 35.5. The molecule has 266 valence electrons. The molecule has 4 rings (SSSR count). The summed E-state index contributed by atoms with van der Waals surface area (Å²) in [6.07, 6.45) is 1.52. The van der Waals surface area contributed by atoms with Gasteiger partial charge in [-0.05, 0) is 65.8 Å². The van der Waals surface area contributed by atoms with E-state index in [1.165, 1.54) is 19.1 Å². The molecule has 2 fully saturated rings. The molecule has 12 nitrogen and oxygen atoms in total. The first-order valence-corrected chi connectivity index (χ1v) is 16.6. The molecule has 2 saturated heterocycles. The molecule has 0 saturated carbocycles. The Kier molecular flexibility index (Phi) is 11.6. The zero-order valence-corrected chi connectivity index (χ0v) is 30.3. The molecule has 48 heavy (non-hydrogen) atoms. The van der Waals surface area contributed by atoms with Crippen LogP contribution >= 0.6 is 11.6 Å². The standard InChI is InChI=1S/C35H50ClN3O9/c1-19(2)38(7)22(5)32(41)47-28-17-29(40)39(8)24-15-23(16-25(44-9)30(24)36)14-20(3)12-11-13-27(45-10)35(43)18-26(46-33(42)37-35)21(4)31-34(28,6)48-31/h11-13,15-16,19,21-22,26-28,31,43H,14,17-18H2,1-10H3,(H,37,42)/b13-11+,20-12+/t21-,22+,26+,27-,28+,31?,34+,35+/m1/s1. The number of anilines is 1. The molecule has 1 aromatic carbocycles. The van der Waals surface area contributed by atoms with Gasteiger partial charge in [0, 0.05) is 32.5 Å². The molecule has 1 aromatic rings. The highest BCUT2D eigenvalue weighted by Crippen LogP contribution is 2.49. The van der Waals surface area contributed by atoms with E-state index < -0.39 is 59.8 Å². The van der Waals surface area contributed by atoms with E-state index >= 15 is 0 Å². The van der Waals surface area contributed by atoms with Crippen LogP contribution in [0.2, 0.25) is 5.02 Å². The van der Waals surface area contributed by atoms with Crippen LogP contribution in [0.5, 0.6) is 5.75 Å². The molecule has 2 amide bonds. The van der Waals surface area contributed by atoms with Crippen LogP contribution in [-0.4, -0.2) is 104 Å². The van der Waals surface area contributed by atoms with Crippen molar-refractivity contribution in [1.82, 2.24) is 10.2 Å². The summed E-state index contributed by atoms with van der Waals surface area (Å²) in [5.74, 6) is -0.920. The summed E-state index contributed by atoms with van der Waals surface area (Å²) < 4.78 is 29.2. The minimum absolute atomic E-state index is 0.00609. The van der Waals surface area contributed by atoms with Gasteiger partial charge in [0.1, 0.15) is 40.7 Å². The zero-order chi connectivity index (χ0) is 35.7. The molecule has 2 N–H and O–H groups in total. The number of benzene rings is 1. The molecule has 0 aliphatic carbocycles. The molecule has 13 heteroatoms. The van der Waals surface area contributed by atoms with Gasteiger partial charge < -0.3 is 33.7 Å². The van der Waals surface area contributed by atoms with E-state index in [0.717, 1.165) is 11.1 Å². The van der Waals surface area contributed by atoms with Crippen molar-refractivity contribution in [3.05, 3.63) is 46.5 Å². The Bertz CT molecular complexity index is 1450. The highest BCUT2D eigenvalue weighted by Gasteiger charge is 2.64. The number of aliphatic hydroxyl groups is 1. The minimum Gasteiger partial charge on any atom is -0.495 e. The summed E-state index contributed by atoms with van der Waals surface area (Å²) in [5, 5.41) is 14.5. The molecule has 3 heterocycles. The zero-order valence-electron chi connectivity index (χ0n) is 29.5. The molecule has 0 aromatic heterocycles. The summed E-state index contributed by atoms with van der Waals surface area (Å²) in [7, 11) is 6.41. The number of allylic oxidation sites excluding steroid dienone is 3. The third-order valence-corrected chi connectivity index (χ3v) is 10.4. The van der Waals surface area contributed by atoms with Crippen molar-refractivity contribution >= 4 is 35.3 Å². The van der Waals surface area contributed by atoms with Crippen molar-refractivity contribution in [1.29, 1.82) is 0 Å². The molecule has 8 atom stereocenters. The van der Waals surface area contributed by atoms with Crippen LogP contribution in [0, 0.1) is 5.92 Å². The van der Waals surface area contributed by atoms with E-state index in [0.29, 0.717) is 17.9 Å². The minimum atomic E-state index is -1.78. The van der Waals surface area contributed by atoms with Crippen LogP contribution in [-0.2, 0) is 35.0 Å². The second-order valence-corrected chi connectivity index (χ2v) is 14.0. The number of rotatable bonds is 6. The predicted molar refractivity (Wildman–Crippen MR) is 181 cm³/mol. The predicted octanol–water partition coefficient (Wildman–Crippen LogP) is 4.40. The Morgan fingerprint density at radius 1 is 1.23 bits per heavy atom. The Morgan fingerprint density at radius 2 is 1.92 bits per heavy atom. The number of nitrogens with zero attached hydrogens (tertiary/aromatic N) is 2. The molecule has 0 radical (unpaired) electrons. The molecule has 3 aliphatic rings. The van der Waals surface area contributed by atoms with Gasteiger partial charge in [-0.3, -0.25) is 19.8 Å². The first kappa shape index (κ1) is 37.7. The lowest BCUT2D eigenvalue weighted by Crippen LogP contribution is -2.63. The van der Waals surface area contributed by atoms with Gasteiger partial charge in [0.2, 0.25) is 5.91 Å². The maximum atomic E-state index is 14.0. The molecular weight excluding hydrogens is 642 g/mol. The number of amides is 2. The van der Waals surface area contributed by atoms with Gasteiger partial charge in [-0.1, -0.05) is 42.3 Å². The number of carbonyl (C=O) groups is 3. The number of fused-ring (bicyclic) bond motifs is 5. The molecule has 0 spiro atoms. The monoisotopic (exact) mass is 691 g/mol. The number of hydrogen-bond donors (Lipinski definition) is 2. The van der Waals surface area contributed by atoms with Crippen LogP contribution in [0.3, 0.4) is 0 Å². The number of halogens is 1. The van der Waals surface area contributed by atoms with Gasteiger partial charge >= 0.3 is 12.1 Å². The molecule has 3 aliphatic heterocycles. The first-order chi connectivity index (χ1) is 22.4. The molecule has 1 unspecified atom stereocenters. The summed E-state index contributed by atoms with van der Waals surface area (Å²) in [5.41, 5.74) is -0.654. The largest absolute Gasteiger partial charge is 0.495 e. The fourth-order valence-corrected chi connectivity index (χ4v) is 6.77. The summed E-state index contributed by atoms with van der Waals surface area (Å²) in [4.78, 5) is 43.6. The van der Waals surface area contributed by atoms with E-state index in [9.17, 15) is 19.5 Å². The van der Waals surface area contributed by atoms with Gasteiger partial charge in [0.25, 0.3) is 0 Å². The lowest BCUT2D eigenvalue weighted by atomic mass is 9.83. The number of hydrogen-bond acceptors (Lipinski definition) is 10. The number of carbonyl (C=O) groups excluding carboxylic acids is 3. The van der Waals surface area contributed by atoms with Crippen molar-refractivity contribution in [3.63, 3.8) is 0 Å². The van der Waals surface area contributed by atoms with E-state index in [1.807, 2.05) is 57.9 Å². The Balaban J connectivity index is 1.79. The normalized spacial score (nSPS) is 33.6. The van der Waals surface area contributed by atoms with Crippen LogP contribution in [0.4, 0.5) is 10.5 Å². The van der Waals surface area contributed by atoms with Crippen LogP contribution in [0.25, 0.3) is 0 Å². The third-order valence-electron chi connectivity index (χ3n) is 9.98. The Hall–Kier alpha value is -3.16. The average molecular weight is 692 g/mol. The van der Waals surface area contributed by atoms with Gasteiger partial charge in [-0.2, -0.15) is 0 Å². The van der Waals surface area contributed by atoms with Crippen molar-refractivity contribution in [2.45, 2.75) is 109 Å². The van der Waals surface area contributed by atoms with Crippen molar-refractivity contribution in [2.75, 3.05) is 33.2 Å². The lowest BCUT2D eigenvalue weighted by Gasteiger charge is -2.42. The Morgan fingerprint density at radius 3 is 2.54 bits per heavy atom. The van der Waals surface area contributed by atoms with E-state index in [2.05, 4.69) is 5.32 Å².